The standard InChI is InChI=1S/C30H54O8Si/c1-28(2,3)39(10,11)38-23-13-12-20-26(36-18-33-8)27(37-19-34-9)30(6)15-14-24(35-17-32-7)25(31)22(30)16-21(23)29(20,4)5/h13,20-22,24,26-27H,12,14-19H2,1-11H3/t20?,21?,22-,24+,26-,27+,30-/m1/s1. The van der Waals surface area contributed by atoms with Gasteiger partial charge in [0.05, 0.1) is 18.0 Å². The van der Waals surface area contributed by atoms with Crippen LogP contribution in [0.4, 0.5) is 0 Å². The summed E-state index contributed by atoms with van der Waals surface area (Å²) in [5, 5.41) is 0.0634. The molecule has 226 valence electrons. The number of allylic oxidation sites excluding steroid dienone is 2. The summed E-state index contributed by atoms with van der Waals surface area (Å²) >= 11 is 0. The summed E-state index contributed by atoms with van der Waals surface area (Å²) in [6, 6.07) is 0. The van der Waals surface area contributed by atoms with Crippen LogP contribution in [0.15, 0.2) is 11.8 Å². The van der Waals surface area contributed by atoms with Crippen molar-refractivity contribution in [1.82, 2.24) is 0 Å². The molecular weight excluding hydrogens is 516 g/mol. The van der Waals surface area contributed by atoms with Crippen molar-refractivity contribution in [1.29, 1.82) is 0 Å². The molecule has 0 spiro atoms. The van der Waals surface area contributed by atoms with E-state index in [0.717, 1.165) is 18.6 Å². The van der Waals surface area contributed by atoms with Crippen LogP contribution in [0.5, 0.6) is 0 Å². The molecule has 3 rings (SSSR count). The van der Waals surface area contributed by atoms with E-state index in [1.807, 2.05) is 0 Å². The Morgan fingerprint density at radius 1 is 0.923 bits per heavy atom. The summed E-state index contributed by atoms with van der Waals surface area (Å²) in [5.41, 5.74) is -0.700. The van der Waals surface area contributed by atoms with E-state index < -0.39 is 19.8 Å². The largest absolute Gasteiger partial charge is 0.547 e. The van der Waals surface area contributed by atoms with Crippen molar-refractivity contribution in [2.75, 3.05) is 41.7 Å². The smallest absolute Gasteiger partial charge is 0.250 e. The van der Waals surface area contributed by atoms with E-state index in [4.69, 9.17) is 32.8 Å². The number of ketones is 1. The predicted molar refractivity (Wildman–Crippen MR) is 152 cm³/mol. The number of fused-ring (bicyclic) bond motifs is 3. The minimum atomic E-state index is -2.11. The van der Waals surface area contributed by atoms with Crippen molar-refractivity contribution in [3.8, 4) is 0 Å². The van der Waals surface area contributed by atoms with E-state index in [9.17, 15) is 4.79 Å². The molecule has 3 aliphatic rings. The zero-order chi connectivity index (χ0) is 29.2. The van der Waals surface area contributed by atoms with Gasteiger partial charge in [-0.3, -0.25) is 4.79 Å². The summed E-state index contributed by atoms with van der Waals surface area (Å²) in [4.78, 5) is 14.2. The van der Waals surface area contributed by atoms with Gasteiger partial charge in [-0.25, -0.2) is 0 Å². The van der Waals surface area contributed by atoms with Gasteiger partial charge in [0.1, 0.15) is 26.5 Å². The summed E-state index contributed by atoms with van der Waals surface area (Å²) in [6.45, 7) is 18.5. The second-order valence-corrected chi connectivity index (χ2v) is 18.7. The lowest BCUT2D eigenvalue weighted by Gasteiger charge is -2.59. The fraction of sp³-hybridized carbons (Fsp3) is 0.900. The van der Waals surface area contributed by atoms with Crippen molar-refractivity contribution < 1.29 is 37.6 Å². The number of methoxy groups -OCH3 is 3. The van der Waals surface area contributed by atoms with Gasteiger partial charge in [0, 0.05) is 38.6 Å². The maximum atomic E-state index is 14.2. The first kappa shape index (κ1) is 32.7. The number of Topliss-reactive ketones (excluding diaryl/α,β-unsaturated/α-hetero) is 1. The zero-order valence-corrected chi connectivity index (χ0v) is 27.3. The zero-order valence-electron chi connectivity index (χ0n) is 26.3. The molecular formula is C30H54O8Si. The third-order valence-electron chi connectivity index (χ3n) is 10.3. The van der Waals surface area contributed by atoms with Crippen LogP contribution in [0.2, 0.25) is 18.1 Å². The number of carbonyl (C=O) groups is 1. The molecule has 7 atom stereocenters. The van der Waals surface area contributed by atoms with Crippen LogP contribution >= 0.6 is 0 Å². The lowest BCUT2D eigenvalue weighted by molar-refractivity contribution is -0.242. The fourth-order valence-electron chi connectivity index (χ4n) is 6.80. The second kappa shape index (κ2) is 12.6. The maximum Gasteiger partial charge on any atom is 0.250 e. The predicted octanol–water partition coefficient (Wildman–Crippen LogP) is 5.91. The summed E-state index contributed by atoms with van der Waals surface area (Å²) < 4.78 is 41.9. The van der Waals surface area contributed by atoms with Gasteiger partial charge >= 0.3 is 0 Å². The van der Waals surface area contributed by atoms with E-state index in [1.54, 1.807) is 21.3 Å². The quantitative estimate of drug-likeness (QED) is 0.224. The molecule has 0 aliphatic heterocycles. The van der Waals surface area contributed by atoms with Crippen molar-refractivity contribution >= 4 is 14.1 Å². The Bertz CT molecular complexity index is 866. The van der Waals surface area contributed by atoms with E-state index in [1.165, 1.54) is 0 Å². The molecule has 0 aromatic carbocycles. The summed E-state index contributed by atoms with van der Waals surface area (Å²) in [6.07, 6.45) is 3.99. The van der Waals surface area contributed by atoms with E-state index in [2.05, 4.69) is 60.7 Å². The minimum absolute atomic E-state index is 0.0526. The third-order valence-corrected chi connectivity index (χ3v) is 14.7. The highest BCUT2D eigenvalue weighted by atomic mass is 28.4. The van der Waals surface area contributed by atoms with Gasteiger partial charge in [-0.05, 0) is 61.2 Å². The maximum absolute atomic E-state index is 14.2. The normalized spacial score (nSPS) is 35.1. The average Bonchev–Trinajstić information content (AvgIpc) is 2.84. The van der Waals surface area contributed by atoms with Gasteiger partial charge in [0.25, 0.3) is 0 Å². The first-order valence-corrected chi connectivity index (χ1v) is 17.3. The first-order valence-electron chi connectivity index (χ1n) is 14.4. The Morgan fingerprint density at radius 3 is 2.10 bits per heavy atom. The van der Waals surface area contributed by atoms with Gasteiger partial charge < -0.3 is 32.8 Å². The Kier molecular flexibility index (Phi) is 10.6. The third kappa shape index (κ3) is 6.50. The van der Waals surface area contributed by atoms with Crippen molar-refractivity contribution in [3.63, 3.8) is 0 Å². The van der Waals surface area contributed by atoms with Crippen LogP contribution in [-0.4, -0.2) is 74.1 Å². The molecule has 39 heavy (non-hydrogen) atoms. The fourth-order valence-corrected chi connectivity index (χ4v) is 7.92. The van der Waals surface area contributed by atoms with Crippen molar-refractivity contribution in [3.05, 3.63) is 11.8 Å². The molecule has 0 amide bonds. The Labute approximate surface area is 237 Å². The topological polar surface area (TPSA) is 81.7 Å². The highest BCUT2D eigenvalue weighted by molar-refractivity contribution is 6.74. The lowest BCUT2D eigenvalue weighted by Crippen LogP contribution is -2.62. The molecule has 2 bridgehead atoms. The molecule has 0 aromatic rings. The van der Waals surface area contributed by atoms with E-state index in [0.29, 0.717) is 12.8 Å². The van der Waals surface area contributed by atoms with Crippen LogP contribution in [-0.2, 0) is 37.6 Å². The number of ether oxygens (including phenoxy) is 6. The Morgan fingerprint density at radius 2 is 1.51 bits per heavy atom. The molecule has 0 N–H and O–H groups in total. The molecule has 0 aromatic heterocycles. The second-order valence-electron chi connectivity index (χ2n) is 14.0. The lowest BCUT2D eigenvalue weighted by atomic mass is 9.50. The van der Waals surface area contributed by atoms with Gasteiger partial charge in [0.15, 0.2) is 5.78 Å². The van der Waals surface area contributed by atoms with Gasteiger partial charge in [-0.2, -0.15) is 0 Å². The monoisotopic (exact) mass is 570 g/mol. The molecule has 0 saturated heterocycles. The molecule has 3 aliphatic carbocycles. The summed E-state index contributed by atoms with van der Waals surface area (Å²) in [7, 11) is 2.74. The summed E-state index contributed by atoms with van der Waals surface area (Å²) in [5.74, 6) is 1.04. The van der Waals surface area contributed by atoms with E-state index in [-0.39, 0.29) is 66.6 Å². The number of hydrogen-bond acceptors (Lipinski definition) is 8. The van der Waals surface area contributed by atoms with Crippen molar-refractivity contribution in [2.24, 2.45) is 28.6 Å². The van der Waals surface area contributed by atoms with Gasteiger partial charge in [-0.1, -0.05) is 41.5 Å². The molecule has 0 heterocycles. The van der Waals surface area contributed by atoms with Crippen LogP contribution in [0.3, 0.4) is 0 Å². The van der Waals surface area contributed by atoms with Crippen molar-refractivity contribution in [2.45, 2.75) is 104 Å². The molecule has 2 unspecified atom stereocenters. The van der Waals surface area contributed by atoms with Crippen LogP contribution < -0.4 is 0 Å². The number of carbonyl (C=O) groups excluding carboxylic acids is 1. The van der Waals surface area contributed by atoms with E-state index >= 15 is 0 Å². The highest BCUT2D eigenvalue weighted by Gasteiger charge is 2.61. The Hall–Kier alpha value is -0.813. The minimum Gasteiger partial charge on any atom is -0.547 e. The van der Waals surface area contributed by atoms with Gasteiger partial charge in [0.2, 0.25) is 8.32 Å². The van der Waals surface area contributed by atoms with Crippen LogP contribution in [0.1, 0.15) is 67.2 Å². The molecule has 0 radical (unpaired) electrons. The number of rotatable bonds is 11. The molecule has 2 fully saturated rings. The molecule has 9 heteroatoms. The molecule has 2 saturated carbocycles. The van der Waals surface area contributed by atoms with Gasteiger partial charge in [-0.15, -0.1) is 0 Å². The average molecular weight is 571 g/mol. The highest BCUT2D eigenvalue weighted by Crippen LogP contribution is 2.59. The number of hydrogen-bond donors (Lipinski definition) is 0. The molecule has 8 nitrogen and oxygen atoms in total. The van der Waals surface area contributed by atoms with Crippen LogP contribution in [0, 0.1) is 28.6 Å². The first-order chi connectivity index (χ1) is 18.2. The van der Waals surface area contributed by atoms with Crippen LogP contribution in [0.25, 0.3) is 0 Å². The SMILES string of the molecule is COCO[C@H]1CC[C@]2(C)[C@H](CC3C(O[Si](C)(C)C(C)(C)C)=CCC([C@@H](OCOC)[C@@H]2OCOC)C3(C)C)C1=O. The Balaban J connectivity index is 2.15.